The van der Waals surface area contributed by atoms with Crippen LogP contribution in [0.5, 0.6) is 0 Å². The van der Waals surface area contributed by atoms with Crippen molar-refractivity contribution in [1.29, 1.82) is 0 Å². The number of carbonyl (C=O) groups excluding carboxylic acids is 1. The molecule has 0 aliphatic carbocycles. The van der Waals surface area contributed by atoms with Crippen LogP contribution in [0.25, 0.3) is 11.4 Å². The lowest BCUT2D eigenvalue weighted by molar-refractivity contribution is -0.119. The number of carbonyl (C=O) groups is 1. The number of hydrogen-bond donors (Lipinski definition) is 0. The van der Waals surface area contributed by atoms with E-state index >= 15 is 0 Å². The van der Waals surface area contributed by atoms with Crippen molar-refractivity contribution >= 4 is 5.78 Å². The average Bonchev–Trinajstić information content (AvgIpc) is 2.95. The number of halogens is 1. The summed E-state index contributed by atoms with van der Waals surface area (Å²) in [6, 6.07) is 10.0. The second kappa shape index (κ2) is 7.12. The average molecular weight is 324 g/mol. The molecule has 0 aliphatic rings. The van der Waals surface area contributed by atoms with Crippen LogP contribution in [0.2, 0.25) is 0 Å². The first kappa shape index (κ1) is 16.0. The van der Waals surface area contributed by atoms with Crippen LogP contribution in [0.3, 0.4) is 0 Å². The second-order valence-electron chi connectivity index (χ2n) is 5.55. The summed E-state index contributed by atoms with van der Waals surface area (Å²) >= 11 is 0. The van der Waals surface area contributed by atoms with Gasteiger partial charge in [0.05, 0.1) is 0 Å². The fraction of sp³-hybridized carbons (Fsp3) is 0.222. The van der Waals surface area contributed by atoms with E-state index in [1.807, 2.05) is 25.1 Å². The van der Waals surface area contributed by atoms with Gasteiger partial charge in [0.1, 0.15) is 18.2 Å². The molecular formula is C18H17FN4O. The summed E-state index contributed by atoms with van der Waals surface area (Å²) in [5, 5.41) is 4.37. The highest BCUT2D eigenvalue weighted by Crippen LogP contribution is 2.14. The molecule has 0 N–H and O–H groups in total. The van der Waals surface area contributed by atoms with Gasteiger partial charge in [-0.1, -0.05) is 12.1 Å². The summed E-state index contributed by atoms with van der Waals surface area (Å²) in [5.74, 6) is 0.977. The molecule has 3 aromatic rings. The van der Waals surface area contributed by atoms with Crippen molar-refractivity contribution in [3.63, 3.8) is 0 Å². The van der Waals surface area contributed by atoms with Gasteiger partial charge in [-0.25, -0.2) is 14.1 Å². The first-order chi connectivity index (χ1) is 11.6. The van der Waals surface area contributed by atoms with Crippen molar-refractivity contribution in [3.05, 3.63) is 66.0 Å². The van der Waals surface area contributed by atoms with E-state index in [0.717, 1.165) is 11.1 Å². The number of rotatable bonds is 6. The molecule has 2 heterocycles. The van der Waals surface area contributed by atoms with E-state index in [1.165, 1.54) is 12.1 Å². The van der Waals surface area contributed by atoms with Crippen LogP contribution in [-0.2, 0) is 17.8 Å². The normalized spacial score (nSPS) is 10.8. The topological polar surface area (TPSA) is 60.7 Å². The molecule has 0 unspecified atom stereocenters. The summed E-state index contributed by atoms with van der Waals surface area (Å²) in [5.41, 5.74) is 1.63. The zero-order valence-electron chi connectivity index (χ0n) is 13.3. The van der Waals surface area contributed by atoms with Crippen molar-refractivity contribution in [2.45, 2.75) is 26.3 Å². The van der Waals surface area contributed by atoms with Gasteiger partial charge in [0.15, 0.2) is 11.6 Å². The molecule has 122 valence electrons. The Morgan fingerprint density at radius 1 is 1.25 bits per heavy atom. The van der Waals surface area contributed by atoms with E-state index in [0.29, 0.717) is 24.5 Å². The smallest absolute Gasteiger partial charge is 0.182 e. The molecule has 5 nitrogen and oxygen atoms in total. The fourth-order valence-electron chi connectivity index (χ4n) is 2.41. The summed E-state index contributed by atoms with van der Waals surface area (Å²) in [6.45, 7) is 1.97. The van der Waals surface area contributed by atoms with E-state index < -0.39 is 0 Å². The quantitative estimate of drug-likeness (QED) is 0.699. The van der Waals surface area contributed by atoms with Gasteiger partial charge in [0, 0.05) is 24.4 Å². The number of benzene rings is 1. The summed E-state index contributed by atoms with van der Waals surface area (Å²) in [7, 11) is 0. The summed E-state index contributed by atoms with van der Waals surface area (Å²) < 4.78 is 14.7. The Morgan fingerprint density at radius 3 is 2.88 bits per heavy atom. The zero-order chi connectivity index (χ0) is 16.9. The molecule has 0 amide bonds. The first-order valence-electron chi connectivity index (χ1n) is 7.70. The zero-order valence-corrected chi connectivity index (χ0v) is 13.3. The SMILES string of the molecule is Cc1nc(-c2cccnc2)nn1CC(=O)CCc1cccc(F)c1. The Balaban J connectivity index is 1.63. The van der Waals surface area contributed by atoms with Crippen molar-refractivity contribution in [2.75, 3.05) is 0 Å². The summed E-state index contributed by atoms with van der Waals surface area (Å²) in [4.78, 5) is 20.6. The molecule has 3 rings (SSSR count). The molecule has 6 heteroatoms. The lowest BCUT2D eigenvalue weighted by Gasteiger charge is -2.03. The van der Waals surface area contributed by atoms with E-state index in [4.69, 9.17) is 0 Å². The van der Waals surface area contributed by atoms with E-state index in [2.05, 4.69) is 15.1 Å². The van der Waals surface area contributed by atoms with Crippen molar-refractivity contribution < 1.29 is 9.18 Å². The van der Waals surface area contributed by atoms with Gasteiger partial charge in [0.2, 0.25) is 0 Å². The largest absolute Gasteiger partial charge is 0.298 e. The lowest BCUT2D eigenvalue weighted by atomic mass is 10.1. The third kappa shape index (κ3) is 3.90. The van der Waals surface area contributed by atoms with E-state index in [9.17, 15) is 9.18 Å². The van der Waals surface area contributed by atoms with Gasteiger partial charge >= 0.3 is 0 Å². The van der Waals surface area contributed by atoms with E-state index in [-0.39, 0.29) is 18.1 Å². The van der Waals surface area contributed by atoms with Gasteiger partial charge in [-0.2, -0.15) is 5.10 Å². The Labute approximate surface area is 139 Å². The van der Waals surface area contributed by atoms with Crippen LogP contribution < -0.4 is 0 Å². The molecule has 0 saturated heterocycles. The molecule has 0 spiro atoms. The predicted molar refractivity (Wildman–Crippen MR) is 87.7 cm³/mol. The van der Waals surface area contributed by atoms with Gasteiger partial charge < -0.3 is 0 Å². The maximum atomic E-state index is 13.1. The molecule has 0 radical (unpaired) electrons. The van der Waals surface area contributed by atoms with Crippen LogP contribution in [0, 0.1) is 12.7 Å². The maximum Gasteiger partial charge on any atom is 0.182 e. The molecule has 24 heavy (non-hydrogen) atoms. The minimum atomic E-state index is -0.284. The number of hydrogen-bond acceptors (Lipinski definition) is 4. The number of aromatic nitrogens is 4. The van der Waals surface area contributed by atoms with Gasteiger partial charge in [0.25, 0.3) is 0 Å². The number of Topliss-reactive ketones (excluding diaryl/α,β-unsaturated/α-hetero) is 1. The highest BCUT2D eigenvalue weighted by Gasteiger charge is 2.12. The second-order valence-corrected chi connectivity index (χ2v) is 5.55. The molecule has 0 aliphatic heterocycles. The Morgan fingerprint density at radius 2 is 2.12 bits per heavy atom. The van der Waals surface area contributed by atoms with Crippen molar-refractivity contribution in [3.8, 4) is 11.4 Å². The van der Waals surface area contributed by atoms with Crippen LogP contribution >= 0.6 is 0 Å². The lowest BCUT2D eigenvalue weighted by Crippen LogP contribution is -2.13. The number of ketones is 1. The Kier molecular flexibility index (Phi) is 4.74. The molecule has 1 aromatic carbocycles. The molecule has 0 saturated carbocycles. The van der Waals surface area contributed by atoms with Crippen LogP contribution in [-0.4, -0.2) is 25.5 Å². The van der Waals surface area contributed by atoms with Crippen molar-refractivity contribution in [2.24, 2.45) is 0 Å². The first-order valence-corrected chi connectivity index (χ1v) is 7.70. The Hall–Kier alpha value is -2.89. The third-order valence-electron chi connectivity index (χ3n) is 3.68. The number of aryl methyl sites for hydroxylation is 2. The molecule has 0 atom stereocenters. The molecule has 0 bridgehead atoms. The van der Waals surface area contributed by atoms with Crippen LogP contribution in [0.4, 0.5) is 4.39 Å². The third-order valence-corrected chi connectivity index (χ3v) is 3.68. The van der Waals surface area contributed by atoms with Crippen LogP contribution in [0.15, 0.2) is 48.8 Å². The van der Waals surface area contributed by atoms with Gasteiger partial charge in [-0.05, 0) is 43.2 Å². The number of pyridine rings is 1. The molecular weight excluding hydrogens is 307 g/mol. The highest BCUT2D eigenvalue weighted by atomic mass is 19.1. The predicted octanol–water partition coefficient (Wildman–Crippen LogP) is 2.99. The molecule has 2 aromatic heterocycles. The standard InChI is InChI=1S/C18H17FN4O/c1-13-21-18(15-5-3-9-20-11-15)22-23(13)12-17(24)8-7-14-4-2-6-16(19)10-14/h2-6,9-11H,7-8,12H2,1H3. The van der Waals surface area contributed by atoms with Crippen LogP contribution in [0.1, 0.15) is 17.8 Å². The fourth-order valence-corrected chi connectivity index (χ4v) is 2.41. The van der Waals surface area contributed by atoms with Crippen molar-refractivity contribution in [1.82, 2.24) is 19.7 Å². The highest BCUT2D eigenvalue weighted by molar-refractivity contribution is 5.78. The Bertz CT molecular complexity index is 845. The summed E-state index contributed by atoms with van der Waals surface area (Å²) in [6.07, 6.45) is 4.22. The number of nitrogens with zero attached hydrogens (tertiary/aromatic N) is 4. The van der Waals surface area contributed by atoms with E-state index in [1.54, 1.807) is 23.1 Å². The van der Waals surface area contributed by atoms with Gasteiger partial charge in [-0.3, -0.25) is 9.78 Å². The monoisotopic (exact) mass is 324 g/mol. The minimum Gasteiger partial charge on any atom is -0.298 e. The van der Waals surface area contributed by atoms with Gasteiger partial charge in [-0.15, -0.1) is 0 Å². The molecule has 0 fully saturated rings. The maximum absolute atomic E-state index is 13.1. The minimum absolute atomic E-state index is 0.0324.